The molecule has 0 unspecified atom stereocenters. The number of carbonyl (C=O) groups excluding carboxylic acids is 1. The Labute approximate surface area is 137 Å². The van der Waals surface area contributed by atoms with Crippen molar-refractivity contribution in [3.8, 4) is 5.69 Å². The Bertz CT molecular complexity index is 674. The van der Waals surface area contributed by atoms with E-state index in [9.17, 15) is 4.79 Å². The van der Waals surface area contributed by atoms with Crippen LogP contribution in [0.25, 0.3) is 5.69 Å². The maximum absolute atomic E-state index is 11.9. The fourth-order valence-corrected chi connectivity index (χ4v) is 2.30. The first kappa shape index (κ1) is 16.8. The van der Waals surface area contributed by atoms with Crippen LogP contribution in [0.4, 0.5) is 5.82 Å². The van der Waals surface area contributed by atoms with Crippen LogP contribution in [-0.4, -0.2) is 22.2 Å². The standard InChI is InChI=1S/C18H24N4O/c1-4-15(5-2)20-18(23)11-12-19-17-13-14(3)21-22(17)16-9-7-6-8-10-16/h4,6-10,13,19H,5,11-12H2,1-3H3,(H,20,23)/b15-4+. The van der Waals surface area contributed by atoms with E-state index in [1.54, 1.807) is 0 Å². The molecule has 1 amide bonds. The van der Waals surface area contributed by atoms with Gasteiger partial charge in [-0.2, -0.15) is 5.10 Å². The van der Waals surface area contributed by atoms with Crippen molar-refractivity contribution >= 4 is 11.7 Å². The Kier molecular flexibility index (Phi) is 5.97. The van der Waals surface area contributed by atoms with Gasteiger partial charge < -0.3 is 10.6 Å². The van der Waals surface area contributed by atoms with Crippen LogP contribution in [0.15, 0.2) is 48.2 Å². The molecule has 2 N–H and O–H groups in total. The minimum atomic E-state index is 0.0231. The van der Waals surface area contributed by atoms with E-state index >= 15 is 0 Å². The first-order valence-electron chi connectivity index (χ1n) is 7.95. The van der Waals surface area contributed by atoms with E-state index in [0.29, 0.717) is 13.0 Å². The van der Waals surface area contributed by atoms with Gasteiger partial charge in [0.15, 0.2) is 0 Å². The van der Waals surface area contributed by atoms with Crippen molar-refractivity contribution < 1.29 is 4.79 Å². The third kappa shape index (κ3) is 4.71. The number of allylic oxidation sites excluding steroid dienone is 2. The molecule has 122 valence electrons. The van der Waals surface area contributed by atoms with Gasteiger partial charge in [0.2, 0.25) is 5.91 Å². The molecule has 0 saturated heterocycles. The van der Waals surface area contributed by atoms with Crippen LogP contribution >= 0.6 is 0 Å². The van der Waals surface area contributed by atoms with E-state index in [1.165, 1.54) is 0 Å². The monoisotopic (exact) mass is 312 g/mol. The highest BCUT2D eigenvalue weighted by molar-refractivity contribution is 5.78. The van der Waals surface area contributed by atoms with Crippen molar-refractivity contribution in [2.24, 2.45) is 0 Å². The lowest BCUT2D eigenvalue weighted by Gasteiger charge is -2.10. The van der Waals surface area contributed by atoms with Crippen molar-refractivity contribution in [1.29, 1.82) is 0 Å². The second kappa shape index (κ2) is 8.17. The van der Waals surface area contributed by atoms with Crippen molar-refractivity contribution in [2.75, 3.05) is 11.9 Å². The number of hydrogen-bond acceptors (Lipinski definition) is 3. The zero-order valence-electron chi connectivity index (χ0n) is 14.0. The van der Waals surface area contributed by atoms with Gasteiger partial charge in [-0.15, -0.1) is 0 Å². The van der Waals surface area contributed by atoms with E-state index in [0.717, 1.165) is 29.3 Å². The molecule has 5 nitrogen and oxygen atoms in total. The highest BCUT2D eigenvalue weighted by Gasteiger charge is 2.08. The molecule has 2 aromatic rings. The maximum atomic E-state index is 11.9. The summed E-state index contributed by atoms with van der Waals surface area (Å²) >= 11 is 0. The molecule has 1 aromatic carbocycles. The number of anilines is 1. The second-order valence-electron chi connectivity index (χ2n) is 5.31. The van der Waals surface area contributed by atoms with Crippen LogP contribution in [-0.2, 0) is 4.79 Å². The van der Waals surface area contributed by atoms with Crippen LogP contribution in [0.1, 0.15) is 32.4 Å². The highest BCUT2D eigenvalue weighted by Crippen LogP contribution is 2.16. The summed E-state index contributed by atoms with van der Waals surface area (Å²) in [6.07, 6.45) is 3.17. The number of amides is 1. The van der Waals surface area contributed by atoms with Gasteiger partial charge in [0, 0.05) is 24.7 Å². The van der Waals surface area contributed by atoms with E-state index < -0.39 is 0 Å². The number of aromatic nitrogens is 2. The molecule has 0 radical (unpaired) electrons. The normalized spacial score (nSPS) is 11.3. The molecule has 5 heteroatoms. The molecule has 0 aliphatic heterocycles. The summed E-state index contributed by atoms with van der Waals surface area (Å²) in [5, 5.41) is 10.7. The molecule has 23 heavy (non-hydrogen) atoms. The minimum Gasteiger partial charge on any atom is -0.369 e. The van der Waals surface area contributed by atoms with Gasteiger partial charge in [0.05, 0.1) is 11.4 Å². The molecule has 0 saturated carbocycles. The van der Waals surface area contributed by atoms with Gasteiger partial charge in [0.1, 0.15) is 5.82 Å². The molecular weight excluding hydrogens is 288 g/mol. The lowest BCUT2D eigenvalue weighted by atomic mass is 10.3. The zero-order chi connectivity index (χ0) is 16.7. The maximum Gasteiger partial charge on any atom is 0.225 e. The summed E-state index contributed by atoms with van der Waals surface area (Å²) in [6.45, 7) is 6.47. The summed E-state index contributed by atoms with van der Waals surface area (Å²) in [7, 11) is 0. The Morgan fingerprint density at radius 3 is 2.70 bits per heavy atom. The average Bonchev–Trinajstić information content (AvgIpc) is 2.94. The fourth-order valence-electron chi connectivity index (χ4n) is 2.30. The number of rotatable bonds is 7. The largest absolute Gasteiger partial charge is 0.369 e. The summed E-state index contributed by atoms with van der Waals surface area (Å²) in [4.78, 5) is 11.9. The predicted octanol–water partition coefficient (Wildman–Crippen LogP) is 3.41. The molecule has 0 bridgehead atoms. The Hall–Kier alpha value is -2.56. The zero-order valence-corrected chi connectivity index (χ0v) is 14.0. The Balaban J connectivity index is 1.95. The van der Waals surface area contributed by atoms with E-state index in [2.05, 4.69) is 15.7 Å². The van der Waals surface area contributed by atoms with Gasteiger partial charge in [-0.05, 0) is 32.4 Å². The lowest BCUT2D eigenvalue weighted by molar-refractivity contribution is -0.120. The summed E-state index contributed by atoms with van der Waals surface area (Å²) in [5.41, 5.74) is 2.89. The first-order chi connectivity index (χ1) is 11.1. The van der Waals surface area contributed by atoms with Gasteiger partial charge in [-0.1, -0.05) is 31.2 Å². The van der Waals surface area contributed by atoms with E-state index in [1.807, 2.05) is 67.9 Å². The third-order valence-corrected chi connectivity index (χ3v) is 3.52. The Morgan fingerprint density at radius 2 is 2.04 bits per heavy atom. The van der Waals surface area contributed by atoms with Gasteiger partial charge in [-0.3, -0.25) is 4.79 Å². The molecule has 0 atom stereocenters. The molecule has 1 aromatic heterocycles. The number of carbonyl (C=O) groups is 1. The van der Waals surface area contributed by atoms with Crippen molar-refractivity contribution in [1.82, 2.24) is 15.1 Å². The van der Waals surface area contributed by atoms with Gasteiger partial charge >= 0.3 is 0 Å². The highest BCUT2D eigenvalue weighted by atomic mass is 16.1. The summed E-state index contributed by atoms with van der Waals surface area (Å²) in [6, 6.07) is 11.9. The van der Waals surface area contributed by atoms with Gasteiger partial charge in [-0.25, -0.2) is 4.68 Å². The predicted molar refractivity (Wildman–Crippen MR) is 93.6 cm³/mol. The van der Waals surface area contributed by atoms with Crippen molar-refractivity contribution in [2.45, 2.75) is 33.6 Å². The van der Waals surface area contributed by atoms with Crippen LogP contribution in [0.2, 0.25) is 0 Å². The lowest BCUT2D eigenvalue weighted by Crippen LogP contribution is -2.24. The van der Waals surface area contributed by atoms with Crippen molar-refractivity contribution in [3.63, 3.8) is 0 Å². The SMILES string of the molecule is C/C=C(\CC)NC(=O)CCNc1cc(C)nn1-c1ccccc1. The number of aryl methyl sites for hydroxylation is 1. The molecule has 0 spiro atoms. The molecule has 1 heterocycles. The summed E-state index contributed by atoms with van der Waals surface area (Å²) < 4.78 is 1.86. The average molecular weight is 312 g/mol. The fraction of sp³-hybridized carbons (Fsp3) is 0.333. The quantitative estimate of drug-likeness (QED) is 0.823. The first-order valence-corrected chi connectivity index (χ1v) is 7.95. The van der Waals surface area contributed by atoms with E-state index in [-0.39, 0.29) is 5.91 Å². The Morgan fingerprint density at radius 1 is 1.30 bits per heavy atom. The van der Waals surface area contributed by atoms with Crippen LogP contribution in [0.3, 0.4) is 0 Å². The smallest absolute Gasteiger partial charge is 0.225 e. The molecule has 0 aliphatic carbocycles. The summed E-state index contributed by atoms with van der Waals surface area (Å²) in [5.74, 6) is 0.915. The minimum absolute atomic E-state index is 0.0231. The number of benzene rings is 1. The van der Waals surface area contributed by atoms with E-state index in [4.69, 9.17) is 0 Å². The van der Waals surface area contributed by atoms with Crippen LogP contribution < -0.4 is 10.6 Å². The van der Waals surface area contributed by atoms with Crippen LogP contribution in [0, 0.1) is 6.92 Å². The number of hydrogen-bond donors (Lipinski definition) is 2. The molecule has 0 fully saturated rings. The third-order valence-electron chi connectivity index (χ3n) is 3.52. The topological polar surface area (TPSA) is 59.0 Å². The molecular formula is C18H24N4O. The second-order valence-corrected chi connectivity index (χ2v) is 5.31. The molecule has 2 rings (SSSR count). The number of para-hydroxylation sites is 1. The number of nitrogens with zero attached hydrogens (tertiary/aromatic N) is 2. The van der Waals surface area contributed by atoms with Gasteiger partial charge in [0.25, 0.3) is 0 Å². The van der Waals surface area contributed by atoms with Crippen molar-refractivity contribution in [3.05, 3.63) is 53.9 Å². The van der Waals surface area contributed by atoms with Crippen LogP contribution in [0.5, 0.6) is 0 Å². The molecule has 0 aliphatic rings. The number of nitrogens with one attached hydrogen (secondary N) is 2.